The molecule has 0 saturated heterocycles. The minimum absolute atomic E-state index is 0.0440. The van der Waals surface area contributed by atoms with Crippen LogP contribution in [0, 0.1) is 21.7 Å². The molecule has 0 radical (unpaired) electrons. The van der Waals surface area contributed by atoms with Crippen molar-refractivity contribution in [1.82, 2.24) is 0 Å². The van der Waals surface area contributed by atoms with Crippen LogP contribution in [-0.2, 0) is 0 Å². The number of halogens is 2. The van der Waals surface area contributed by atoms with Gasteiger partial charge in [-0.25, -0.2) is 8.78 Å². The highest BCUT2D eigenvalue weighted by Gasteiger charge is 2.12. The first-order chi connectivity index (χ1) is 8.97. The summed E-state index contributed by atoms with van der Waals surface area (Å²) in [5.41, 5.74) is 5.65. The van der Waals surface area contributed by atoms with E-state index in [4.69, 9.17) is 5.73 Å². The monoisotopic (exact) mass is 265 g/mol. The summed E-state index contributed by atoms with van der Waals surface area (Å²) in [6, 6.07) is 6.96. The van der Waals surface area contributed by atoms with Crippen molar-refractivity contribution >= 4 is 22.7 Å². The second-order valence-corrected chi connectivity index (χ2v) is 3.78. The summed E-state index contributed by atoms with van der Waals surface area (Å²) >= 11 is 0. The average molecular weight is 265 g/mol. The topological polar surface area (TPSA) is 81.2 Å². The van der Waals surface area contributed by atoms with E-state index in [0.717, 1.165) is 12.1 Å². The molecule has 0 fully saturated rings. The Morgan fingerprint density at radius 3 is 2.47 bits per heavy atom. The van der Waals surface area contributed by atoms with Crippen LogP contribution in [0.25, 0.3) is 0 Å². The second kappa shape index (κ2) is 4.89. The summed E-state index contributed by atoms with van der Waals surface area (Å²) in [4.78, 5) is 9.97. The van der Waals surface area contributed by atoms with Gasteiger partial charge in [0.2, 0.25) is 0 Å². The van der Waals surface area contributed by atoms with Crippen LogP contribution in [0.1, 0.15) is 0 Å². The zero-order valence-corrected chi connectivity index (χ0v) is 9.56. The minimum atomic E-state index is -0.767. The number of nitrogens with one attached hydrogen (secondary N) is 1. The second-order valence-electron chi connectivity index (χ2n) is 3.78. The summed E-state index contributed by atoms with van der Waals surface area (Å²) in [6.07, 6.45) is 0. The molecule has 3 N–H and O–H groups in total. The van der Waals surface area contributed by atoms with E-state index in [1.165, 1.54) is 24.3 Å². The Bertz CT molecular complexity index is 647. The van der Waals surface area contributed by atoms with Gasteiger partial charge in [0.25, 0.3) is 5.69 Å². The molecule has 0 aliphatic rings. The van der Waals surface area contributed by atoms with Crippen molar-refractivity contribution in [2.75, 3.05) is 11.1 Å². The fourth-order valence-electron chi connectivity index (χ4n) is 1.54. The van der Waals surface area contributed by atoms with Crippen LogP contribution in [-0.4, -0.2) is 4.92 Å². The molecule has 0 bridgehead atoms. The van der Waals surface area contributed by atoms with E-state index < -0.39 is 16.6 Å². The van der Waals surface area contributed by atoms with Crippen LogP contribution in [0.2, 0.25) is 0 Å². The molecule has 0 amide bonds. The standard InChI is InChI=1S/C12H9F2N3O2/c13-7-1-3-11(9(14)5-7)16-8-2-4-12(17(18)19)10(15)6-8/h1-6,16H,15H2. The Labute approximate surface area is 106 Å². The van der Waals surface area contributed by atoms with Gasteiger partial charge < -0.3 is 11.1 Å². The first-order valence-corrected chi connectivity index (χ1v) is 5.23. The lowest BCUT2D eigenvalue weighted by atomic mass is 10.2. The fourth-order valence-corrected chi connectivity index (χ4v) is 1.54. The summed E-state index contributed by atoms with van der Waals surface area (Å²) in [5, 5.41) is 13.2. The normalized spacial score (nSPS) is 10.2. The van der Waals surface area contributed by atoms with Crippen LogP contribution < -0.4 is 11.1 Å². The summed E-state index contributed by atoms with van der Waals surface area (Å²) in [7, 11) is 0. The first kappa shape index (κ1) is 12.7. The van der Waals surface area contributed by atoms with E-state index in [2.05, 4.69) is 5.32 Å². The number of nitrogens with zero attached hydrogens (tertiary/aromatic N) is 1. The third kappa shape index (κ3) is 2.76. The number of nitro groups is 1. The first-order valence-electron chi connectivity index (χ1n) is 5.23. The summed E-state index contributed by atoms with van der Waals surface area (Å²) < 4.78 is 26.1. The van der Waals surface area contributed by atoms with Crippen molar-refractivity contribution in [2.45, 2.75) is 0 Å². The highest BCUT2D eigenvalue weighted by molar-refractivity contribution is 5.70. The lowest BCUT2D eigenvalue weighted by Gasteiger charge is -2.08. The molecule has 0 unspecified atom stereocenters. The smallest absolute Gasteiger partial charge is 0.292 e. The fraction of sp³-hybridized carbons (Fsp3) is 0. The molecule has 2 aromatic rings. The quantitative estimate of drug-likeness (QED) is 0.507. The number of hydrogen-bond acceptors (Lipinski definition) is 4. The SMILES string of the molecule is Nc1cc(Nc2ccc(F)cc2F)ccc1[N+](=O)[O-]. The maximum absolute atomic E-state index is 13.4. The number of nitrogen functional groups attached to an aromatic ring is 1. The van der Waals surface area contributed by atoms with Gasteiger partial charge in [0.05, 0.1) is 10.6 Å². The van der Waals surface area contributed by atoms with Crippen molar-refractivity contribution in [3.63, 3.8) is 0 Å². The van der Waals surface area contributed by atoms with E-state index in [-0.39, 0.29) is 17.1 Å². The molecule has 0 atom stereocenters. The van der Waals surface area contributed by atoms with Gasteiger partial charge in [0, 0.05) is 17.8 Å². The molecule has 19 heavy (non-hydrogen) atoms. The molecule has 0 spiro atoms. The van der Waals surface area contributed by atoms with E-state index in [0.29, 0.717) is 5.69 Å². The Morgan fingerprint density at radius 1 is 1.16 bits per heavy atom. The van der Waals surface area contributed by atoms with E-state index in [1.807, 2.05) is 0 Å². The maximum atomic E-state index is 13.4. The molecule has 0 aliphatic carbocycles. The van der Waals surface area contributed by atoms with Gasteiger partial charge >= 0.3 is 0 Å². The molecule has 0 aromatic heterocycles. The number of nitro benzene ring substituents is 1. The number of benzene rings is 2. The van der Waals surface area contributed by atoms with E-state index >= 15 is 0 Å². The number of anilines is 3. The number of nitrogens with two attached hydrogens (primary N) is 1. The predicted octanol–water partition coefficient (Wildman–Crippen LogP) is 3.20. The molecule has 0 heterocycles. The van der Waals surface area contributed by atoms with Gasteiger partial charge in [0.15, 0.2) is 0 Å². The summed E-state index contributed by atoms with van der Waals surface area (Å²) in [6.45, 7) is 0. The molecule has 0 saturated carbocycles. The van der Waals surface area contributed by atoms with Crippen molar-refractivity contribution in [3.8, 4) is 0 Å². The molecular formula is C12H9F2N3O2. The van der Waals surface area contributed by atoms with Gasteiger partial charge in [-0.05, 0) is 24.3 Å². The molecule has 5 nitrogen and oxygen atoms in total. The third-order valence-electron chi connectivity index (χ3n) is 2.43. The lowest BCUT2D eigenvalue weighted by molar-refractivity contribution is -0.383. The van der Waals surface area contributed by atoms with Crippen LogP contribution in [0.5, 0.6) is 0 Å². The molecular weight excluding hydrogens is 256 g/mol. The largest absolute Gasteiger partial charge is 0.393 e. The third-order valence-corrected chi connectivity index (χ3v) is 2.43. The van der Waals surface area contributed by atoms with Gasteiger partial charge in [-0.15, -0.1) is 0 Å². The van der Waals surface area contributed by atoms with Crippen LogP contribution >= 0.6 is 0 Å². The Balaban J connectivity index is 2.29. The predicted molar refractivity (Wildman–Crippen MR) is 67.1 cm³/mol. The molecule has 7 heteroatoms. The van der Waals surface area contributed by atoms with Crippen molar-refractivity contribution < 1.29 is 13.7 Å². The van der Waals surface area contributed by atoms with Crippen molar-refractivity contribution in [2.24, 2.45) is 0 Å². The molecule has 98 valence electrons. The zero-order valence-electron chi connectivity index (χ0n) is 9.56. The Hall–Kier alpha value is -2.70. The van der Waals surface area contributed by atoms with Crippen LogP contribution in [0.3, 0.4) is 0 Å². The van der Waals surface area contributed by atoms with Gasteiger partial charge in [-0.1, -0.05) is 0 Å². The van der Waals surface area contributed by atoms with Crippen LogP contribution in [0.4, 0.5) is 31.5 Å². The van der Waals surface area contributed by atoms with Crippen molar-refractivity contribution in [3.05, 3.63) is 58.1 Å². The summed E-state index contributed by atoms with van der Waals surface area (Å²) in [5.74, 6) is -1.46. The molecule has 2 rings (SSSR count). The van der Waals surface area contributed by atoms with Crippen molar-refractivity contribution in [1.29, 1.82) is 0 Å². The van der Waals surface area contributed by atoms with E-state index in [9.17, 15) is 18.9 Å². The lowest BCUT2D eigenvalue weighted by Crippen LogP contribution is -1.98. The van der Waals surface area contributed by atoms with Gasteiger partial charge in [-0.2, -0.15) is 0 Å². The number of hydrogen-bond donors (Lipinski definition) is 2. The number of rotatable bonds is 3. The maximum Gasteiger partial charge on any atom is 0.292 e. The zero-order chi connectivity index (χ0) is 14.0. The van der Waals surface area contributed by atoms with E-state index in [1.54, 1.807) is 0 Å². The molecule has 0 aliphatic heterocycles. The van der Waals surface area contributed by atoms with Gasteiger partial charge in [-0.3, -0.25) is 10.1 Å². The highest BCUT2D eigenvalue weighted by atomic mass is 19.1. The molecule has 2 aromatic carbocycles. The average Bonchev–Trinajstić information content (AvgIpc) is 2.32. The highest BCUT2D eigenvalue weighted by Crippen LogP contribution is 2.27. The van der Waals surface area contributed by atoms with Gasteiger partial charge in [0.1, 0.15) is 17.3 Å². The Kier molecular flexibility index (Phi) is 3.28. The minimum Gasteiger partial charge on any atom is -0.393 e. The Morgan fingerprint density at radius 2 is 1.89 bits per heavy atom. The van der Waals surface area contributed by atoms with Crippen LogP contribution in [0.15, 0.2) is 36.4 Å².